The molecule has 0 radical (unpaired) electrons. The monoisotopic (exact) mass is 251 g/mol. The Hall–Kier alpha value is -1.25. The number of carbonyl (C=O) groups is 1. The third-order valence-corrected chi connectivity index (χ3v) is 3.16. The molecule has 0 aliphatic heterocycles. The summed E-state index contributed by atoms with van der Waals surface area (Å²) in [5.74, 6) is -0.359. The third kappa shape index (κ3) is 4.94. The third-order valence-electron chi connectivity index (χ3n) is 3.16. The molecule has 1 aliphatic rings. The molecule has 1 fully saturated rings. The van der Waals surface area contributed by atoms with Gasteiger partial charge in [0.2, 0.25) is 0 Å². The molecule has 0 heterocycles. The molecule has 1 aliphatic carbocycles. The van der Waals surface area contributed by atoms with Crippen LogP contribution < -0.4 is 5.32 Å². The standard InChI is InChI=1S/C15H25NO2/c1-6-7-8-15(9-10-15)11-16-12(2)13(17)18-14(3,4)5/h6,16H,1-2,7-11H2,3-5H3. The molecule has 0 saturated heterocycles. The van der Waals surface area contributed by atoms with Gasteiger partial charge in [0.05, 0.1) is 0 Å². The van der Waals surface area contributed by atoms with Crippen LogP contribution in [0.25, 0.3) is 0 Å². The summed E-state index contributed by atoms with van der Waals surface area (Å²) < 4.78 is 5.25. The van der Waals surface area contributed by atoms with Crippen molar-refractivity contribution in [3.05, 3.63) is 24.9 Å². The molecule has 0 aromatic carbocycles. The molecule has 0 aromatic rings. The van der Waals surface area contributed by atoms with E-state index in [1.807, 2.05) is 26.8 Å². The highest BCUT2D eigenvalue weighted by atomic mass is 16.6. The van der Waals surface area contributed by atoms with Crippen molar-refractivity contribution >= 4 is 5.97 Å². The average molecular weight is 251 g/mol. The summed E-state index contributed by atoms with van der Waals surface area (Å²) in [6, 6.07) is 0. The second-order valence-electron chi connectivity index (χ2n) is 6.16. The van der Waals surface area contributed by atoms with Gasteiger partial charge in [-0.25, -0.2) is 4.79 Å². The van der Waals surface area contributed by atoms with Crippen molar-refractivity contribution in [2.75, 3.05) is 6.54 Å². The molecule has 1 N–H and O–H groups in total. The van der Waals surface area contributed by atoms with Gasteiger partial charge in [-0.1, -0.05) is 12.7 Å². The Balaban J connectivity index is 2.33. The van der Waals surface area contributed by atoms with Crippen LogP contribution in [0, 0.1) is 5.41 Å². The highest BCUT2D eigenvalue weighted by molar-refractivity contribution is 5.87. The largest absolute Gasteiger partial charge is 0.455 e. The summed E-state index contributed by atoms with van der Waals surface area (Å²) in [6.45, 7) is 13.8. The Kier molecular flexibility index (Phi) is 4.60. The summed E-state index contributed by atoms with van der Waals surface area (Å²) in [6.07, 6.45) is 6.54. The van der Waals surface area contributed by atoms with E-state index < -0.39 is 5.60 Å². The number of esters is 1. The number of ether oxygens (including phenoxy) is 1. The molecular formula is C15H25NO2. The second kappa shape index (κ2) is 5.59. The normalized spacial score (nSPS) is 16.8. The first-order chi connectivity index (χ1) is 8.28. The van der Waals surface area contributed by atoms with Gasteiger partial charge >= 0.3 is 5.97 Å². The maximum absolute atomic E-state index is 11.7. The van der Waals surface area contributed by atoms with Crippen LogP contribution >= 0.6 is 0 Å². The van der Waals surface area contributed by atoms with Crippen molar-refractivity contribution < 1.29 is 9.53 Å². The zero-order valence-electron chi connectivity index (χ0n) is 11.8. The molecule has 0 atom stereocenters. The van der Waals surface area contributed by atoms with Crippen molar-refractivity contribution in [3.63, 3.8) is 0 Å². The van der Waals surface area contributed by atoms with Crippen LogP contribution in [0.15, 0.2) is 24.9 Å². The Morgan fingerprint density at radius 1 is 1.44 bits per heavy atom. The molecule has 3 nitrogen and oxygen atoms in total. The van der Waals surface area contributed by atoms with E-state index in [-0.39, 0.29) is 5.97 Å². The van der Waals surface area contributed by atoms with Gasteiger partial charge in [0.15, 0.2) is 0 Å². The van der Waals surface area contributed by atoms with Crippen molar-refractivity contribution in [2.45, 2.75) is 52.1 Å². The second-order valence-corrected chi connectivity index (χ2v) is 6.16. The first-order valence-corrected chi connectivity index (χ1v) is 6.55. The van der Waals surface area contributed by atoms with Crippen LogP contribution in [0.2, 0.25) is 0 Å². The van der Waals surface area contributed by atoms with E-state index in [0.717, 1.165) is 19.4 Å². The highest BCUT2D eigenvalue weighted by Gasteiger charge is 2.41. The molecule has 102 valence electrons. The number of hydrogen-bond acceptors (Lipinski definition) is 3. The molecule has 0 aromatic heterocycles. The van der Waals surface area contributed by atoms with Gasteiger partial charge in [0.1, 0.15) is 11.3 Å². The lowest BCUT2D eigenvalue weighted by atomic mass is 10.0. The fraction of sp³-hybridized carbons (Fsp3) is 0.667. The van der Waals surface area contributed by atoms with Crippen molar-refractivity contribution in [1.29, 1.82) is 0 Å². The summed E-state index contributed by atoms with van der Waals surface area (Å²) in [5, 5.41) is 3.11. The van der Waals surface area contributed by atoms with Crippen LogP contribution in [0.5, 0.6) is 0 Å². The van der Waals surface area contributed by atoms with Gasteiger partial charge in [-0.3, -0.25) is 0 Å². The lowest BCUT2D eigenvalue weighted by Crippen LogP contribution is -2.32. The van der Waals surface area contributed by atoms with Crippen LogP contribution in [0.1, 0.15) is 46.5 Å². The Labute approximate surface area is 110 Å². The number of allylic oxidation sites excluding steroid dienone is 1. The number of hydrogen-bond donors (Lipinski definition) is 1. The minimum atomic E-state index is -0.470. The van der Waals surface area contributed by atoms with Crippen LogP contribution in [0.4, 0.5) is 0 Å². The minimum Gasteiger partial charge on any atom is -0.455 e. The van der Waals surface area contributed by atoms with Crippen molar-refractivity contribution in [1.82, 2.24) is 5.32 Å². The predicted molar refractivity (Wildman–Crippen MR) is 74.1 cm³/mol. The zero-order chi connectivity index (χ0) is 13.8. The first kappa shape index (κ1) is 14.8. The molecule has 0 spiro atoms. The highest BCUT2D eigenvalue weighted by Crippen LogP contribution is 2.49. The number of carbonyl (C=O) groups excluding carboxylic acids is 1. The predicted octanol–water partition coefficient (Wildman–Crippen LogP) is 3.18. The number of nitrogens with one attached hydrogen (secondary N) is 1. The van der Waals surface area contributed by atoms with Gasteiger partial charge in [-0.15, -0.1) is 6.58 Å². The molecule has 0 unspecified atom stereocenters. The Morgan fingerprint density at radius 3 is 2.50 bits per heavy atom. The minimum absolute atomic E-state index is 0.346. The SMILES string of the molecule is C=CCCC1(CNC(=C)C(=O)OC(C)(C)C)CC1. The van der Waals surface area contributed by atoms with E-state index in [1.54, 1.807) is 0 Å². The molecule has 3 heteroatoms. The number of rotatable bonds is 7. The average Bonchev–Trinajstić information content (AvgIpc) is 3.01. The van der Waals surface area contributed by atoms with E-state index in [2.05, 4.69) is 18.5 Å². The Bertz CT molecular complexity index is 335. The van der Waals surface area contributed by atoms with Crippen LogP contribution in [-0.2, 0) is 9.53 Å². The van der Waals surface area contributed by atoms with Gasteiger partial charge in [-0.2, -0.15) is 0 Å². The van der Waals surface area contributed by atoms with E-state index in [1.165, 1.54) is 12.8 Å². The van der Waals surface area contributed by atoms with Gasteiger partial charge < -0.3 is 10.1 Å². The summed E-state index contributed by atoms with van der Waals surface area (Å²) >= 11 is 0. The molecule has 18 heavy (non-hydrogen) atoms. The Morgan fingerprint density at radius 2 is 2.06 bits per heavy atom. The van der Waals surface area contributed by atoms with Crippen molar-refractivity contribution in [3.8, 4) is 0 Å². The zero-order valence-corrected chi connectivity index (χ0v) is 11.8. The first-order valence-electron chi connectivity index (χ1n) is 6.55. The van der Waals surface area contributed by atoms with Crippen LogP contribution in [0.3, 0.4) is 0 Å². The molecule has 1 saturated carbocycles. The summed E-state index contributed by atoms with van der Waals surface area (Å²) in [5.41, 5.74) is 0.232. The van der Waals surface area contributed by atoms with Gasteiger partial charge in [-0.05, 0) is 51.9 Å². The van der Waals surface area contributed by atoms with E-state index in [0.29, 0.717) is 11.1 Å². The van der Waals surface area contributed by atoms with E-state index >= 15 is 0 Å². The lowest BCUT2D eigenvalue weighted by molar-refractivity contribution is -0.150. The molecular weight excluding hydrogens is 226 g/mol. The molecule has 0 bridgehead atoms. The van der Waals surface area contributed by atoms with Crippen LogP contribution in [-0.4, -0.2) is 18.1 Å². The lowest BCUT2D eigenvalue weighted by Gasteiger charge is -2.22. The maximum atomic E-state index is 11.7. The van der Waals surface area contributed by atoms with E-state index in [4.69, 9.17) is 4.74 Å². The van der Waals surface area contributed by atoms with Gasteiger partial charge in [0.25, 0.3) is 0 Å². The topological polar surface area (TPSA) is 38.3 Å². The molecule has 1 rings (SSSR count). The fourth-order valence-electron chi connectivity index (χ4n) is 1.81. The summed E-state index contributed by atoms with van der Waals surface area (Å²) in [4.78, 5) is 11.7. The van der Waals surface area contributed by atoms with E-state index in [9.17, 15) is 4.79 Å². The molecule has 0 amide bonds. The van der Waals surface area contributed by atoms with Crippen molar-refractivity contribution in [2.24, 2.45) is 5.41 Å². The quantitative estimate of drug-likeness (QED) is 0.429. The smallest absolute Gasteiger partial charge is 0.354 e. The maximum Gasteiger partial charge on any atom is 0.354 e. The summed E-state index contributed by atoms with van der Waals surface area (Å²) in [7, 11) is 0. The fourth-order valence-corrected chi connectivity index (χ4v) is 1.81. The van der Waals surface area contributed by atoms with Gasteiger partial charge in [0, 0.05) is 6.54 Å².